The van der Waals surface area contributed by atoms with Crippen LogP contribution in [-0.4, -0.2) is 78.4 Å². The molecule has 10 heteroatoms. The summed E-state index contributed by atoms with van der Waals surface area (Å²) in [6, 6.07) is 1.11. The molecule has 0 bridgehead atoms. The van der Waals surface area contributed by atoms with E-state index in [9.17, 15) is 18.0 Å². The van der Waals surface area contributed by atoms with E-state index in [0.29, 0.717) is 26.2 Å². The number of carbonyl (C=O) groups excluding carboxylic acids is 2. The van der Waals surface area contributed by atoms with Crippen LogP contribution in [0.25, 0.3) is 0 Å². The Bertz CT molecular complexity index is 1020. The number of nitrogens with zero attached hydrogens (tertiary/aromatic N) is 3. The molecule has 3 saturated heterocycles. The molecule has 0 spiro atoms. The SMILES string of the molecule is Cc1oc(C(=O)N2CCCC[C@@H]2[C@H]2CCCN2C(=O)OC(C)(C)C)cc1S(=O)(=O)N1CCCC1. The van der Waals surface area contributed by atoms with Crippen molar-refractivity contribution in [2.75, 3.05) is 26.2 Å². The first-order valence-corrected chi connectivity index (χ1v) is 13.8. The van der Waals surface area contributed by atoms with Crippen molar-refractivity contribution in [3.05, 3.63) is 17.6 Å². The molecular formula is C24H37N3O6S. The van der Waals surface area contributed by atoms with Crippen molar-refractivity contribution >= 4 is 22.0 Å². The van der Waals surface area contributed by atoms with Gasteiger partial charge in [-0.15, -0.1) is 0 Å². The smallest absolute Gasteiger partial charge is 0.410 e. The van der Waals surface area contributed by atoms with Crippen LogP contribution in [-0.2, 0) is 14.8 Å². The Morgan fingerprint density at radius 2 is 1.53 bits per heavy atom. The van der Waals surface area contributed by atoms with E-state index in [-0.39, 0.29) is 40.5 Å². The lowest BCUT2D eigenvalue weighted by atomic mass is 9.93. The Labute approximate surface area is 202 Å². The quantitative estimate of drug-likeness (QED) is 0.630. The summed E-state index contributed by atoms with van der Waals surface area (Å²) in [5.74, 6) is -0.0317. The van der Waals surface area contributed by atoms with Gasteiger partial charge < -0.3 is 19.0 Å². The fourth-order valence-electron chi connectivity index (χ4n) is 5.39. The van der Waals surface area contributed by atoms with Crippen molar-refractivity contribution in [3.63, 3.8) is 0 Å². The molecule has 1 aromatic heterocycles. The Morgan fingerprint density at radius 1 is 0.941 bits per heavy atom. The van der Waals surface area contributed by atoms with Gasteiger partial charge in [-0.1, -0.05) is 0 Å². The maximum atomic E-state index is 13.6. The molecule has 3 aliphatic heterocycles. The normalized spacial score (nSPS) is 24.6. The van der Waals surface area contributed by atoms with Crippen LogP contribution in [0.2, 0.25) is 0 Å². The second-order valence-electron chi connectivity index (χ2n) is 10.6. The summed E-state index contributed by atoms with van der Waals surface area (Å²) in [6.45, 7) is 9.28. The van der Waals surface area contributed by atoms with Crippen LogP contribution in [0, 0.1) is 6.92 Å². The number of hydrogen-bond acceptors (Lipinski definition) is 6. The molecule has 9 nitrogen and oxygen atoms in total. The van der Waals surface area contributed by atoms with Gasteiger partial charge in [-0.3, -0.25) is 4.79 Å². The van der Waals surface area contributed by atoms with Crippen LogP contribution in [0.1, 0.15) is 82.0 Å². The number of aryl methyl sites for hydroxylation is 1. The number of piperidine rings is 1. The molecule has 0 N–H and O–H groups in total. The summed E-state index contributed by atoms with van der Waals surface area (Å²) < 4.78 is 38.9. The average molecular weight is 496 g/mol. The zero-order valence-electron chi connectivity index (χ0n) is 20.7. The van der Waals surface area contributed by atoms with Gasteiger partial charge in [0.2, 0.25) is 10.0 Å². The third-order valence-corrected chi connectivity index (χ3v) is 8.95. The summed E-state index contributed by atoms with van der Waals surface area (Å²) in [7, 11) is -3.68. The van der Waals surface area contributed by atoms with E-state index in [1.807, 2.05) is 20.8 Å². The van der Waals surface area contributed by atoms with E-state index in [2.05, 4.69) is 0 Å². The molecule has 0 aromatic carbocycles. The van der Waals surface area contributed by atoms with Gasteiger partial charge in [0, 0.05) is 32.2 Å². The fourth-order valence-corrected chi connectivity index (χ4v) is 7.06. The molecule has 4 rings (SSSR count). The minimum Gasteiger partial charge on any atom is -0.455 e. The molecule has 2 atom stereocenters. The fraction of sp³-hybridized carbons (Fsp3) is 0.750. The highest BCUT2D eigenvalue weighted by Gasteiger charge is 2.43. The van der Waals surface area contributed by atoms with Crippen molar-refractivity contribution in [2.24, 2.45) is 0 Å². The molecule has 0 aliphatic carbocycles. The first-order valence-electron chi connectivity index (χ1n) is 12.4. The average Bonchev–Trinajstić information content (AvgIpc) is 3.52. The molecule has 0 unspecified atom stereocenters. The molecular weight excluding hydrogens is 458 g/mol. The number of hydrogen-bond donors (Lipinski definition) is 0. The van der Waals surface area contributed by atoms with E-state index in [0.717, 1.165) is 44.9 Å². The largest absolute Gasteiger partial charge is 0.455 e. The van der Waals surface area contributed by atoms with E-state index < -0.39 is 15.6 Å². The predicted molar refractivity (Wildman–Crippen MR) is 126 cm³/mol. The van der Waals surface area contributed by atoms with Crippen molar-refractivity contribution < 1.29 is 27.2 Å². The zero-order chi connectivity index (χ0) is 24.7. The highest BCUT2D eigenvalue weighted by molar-refractivity contribution is 7.89. The van der Waals surface area contributed by atoms with Crippen LogP contribution in [0.15, 0.2) is 15.4 Å². The van der Waals surface area contributed by atoms with Crippen molar-refractivity contribution in [2.45, 2.75) is 95.2 Å². The van der Waals surface area contributed by atoms with E-state index in [4.69, 9.17) is 9.15 Å². The van der Waals surface area contributed by atoms with Gasteiger partial charge >= 0.3 is 6.09 Å². The van der Waals surface area contributed by atoms with Crippen LogP contribution in [0.5, 0.6) is 0 Å². The second-order valence-corrected chi connectivity index (χ2v) is 12.5. The van der Waals surface area contributed by atoms with Crippen molar-refractivity contribution in [1.82, 2.24) is 14.1 Å². The van der Waals surface area contributed by atoms with Crippen molar-refractivity contribution in [1.29, 1.82) is 0 Å². The van der Waals surface area contributed by atoms with Gasteiger partial charge in [0.25, 0.3) is 5.91 Å². The molecule has 1 aromatic rings. The minimum atomic E-state index is -3.68. The first-order chi connectivity index (χ1) is 16.0. The summed E-state index contributed by atoms with van der Waals surface area (Å²) in [5, 5.41) is 0. The Morgan fingerprint density at radius 3 is 2.21 bits per heavy atom. The van der Waals surface area contributed by atoms with Crippen LogP contribution in [0.3, 0.4) is 0 Å². The lowest BCUT2D eigenvalue weighted by Crippen LogP contribution is -2.55. The second kappa shape index (κ2) is 9.53. The van der Waals surface area contributed by atoms with Crippen LogP contribution in [0.4, 0.5) is 4.79 Å². The minimum absolute atomic E-state index is 0.0454. The maximum absolute atomic E-state index is 13.6. The molecule has 3 aliphatic rings. The van der Waals surface area contributed by atoms with Crippen LogP contribution >= 0.6 is 0 Å². The highest BCUT2D eigenvalue weighted by atomic mass is 32.2. The van der Waals surface area contributed by atoms with E-state index in [1.54, 1.807) is 16.7 Å². The maximum Gasteiger partial charge on any atom is 0.410 e. The molecule has 3 fully saturated rings. The Hall–Kier alpha value is -2.07. The molecule has 0 radical (unpaired) electrons. The van der Waals surface area contributed by atoms with E-state index in [1.165, 1.54) is 10.4 Å². The van der Waals surface area contributed by atoms with Gasteiger partial charge in [-0.2, -0.15) is 4.31 Å². The third kappa shape index (κ3) is 4.98. The number of likely N-dealkylation sites (tertiary alicyclic amines) is 2. The number of furan rings is 1. The lowest BCUT2D eigenvalue weighted by molar-refractivity contribution is 0.00710. The first kappa shape index (κ1) is 25.0. The zero-order valence-corrected chi connectivity index (χ0v) is 21.5. The van der Waals surface area contributed by atoms with Crippen LogP contribution < -0.4 is 0 Å². The van der Waals surface area contributed by atoms with E-state index >= 15 is 0 Å². The number of ether oxygens (including phenoxy) is 1. The monoisotopic (exact) mass is 495 g/mol. The third-order valence-electron chi connectivity index (χ3n) is 6.95. The number of rotatable bonds is 4. The van der Waals surface area contributed by atoms with Gasteiger partial charge in [-0.05, 0) is 72.6 Å². The summed E-state index contributed by atoms with van der Waals surface area (Å²) in [6.07, 6.45) is 5.62. The van der Waals surface area contributed by atoms with Gasteiger partial charge in [0.1, 0.15) is 16.3 Å². The lowest BCUT2D eigenvalue weighted by Gasteiger charge is -2.42. The highest BCUT2D eigenvalue weighted by Crippen LogP contribution is 2.33. The van der Waals surface area contributed by atoms with Gasteiger partial charge in [0.05, 0.1) is 12.1 Å². The molecule has 2 amide bonds. The number of amides is 2. The summed E-state index contributed by atoms with van der Waals surface area (Å²) >= 11 is 0. The Balaban J connectivity index is 1.56. The van der Waals surface area contributed by atoms with Gasteiger partial charge in [-0.25, -0.2) is 13.2 Å². The molecule has 4 heterocycles. The number of carbonyl (C=O) groups is 2. The molecule has 0 saturated carbocycles. The Kier molecular flexibility index (Phi) is 7.01. The molecule has 190 valence electrons. The number of sulfonamides is 1. The standard InChI is InChI=1S/C24H37N3O6S/c1-17-21(34(30,31)25-12-7-8-13-25)16-20(32-17)22(28)26-14-6-5-10-18(26)19-11-9-15-27(19)23(29)33-24(2,3)4/h16,18-19H,5-15H2,1-4H3/t18-,19-/m1/s1. The van der Waals surface area contributed by atoms with Gasteiger partial charge in [0.15, 0.2) is 5.76 Å². The van der Waals surface area contributed by atoms with Crippen molar-refractivity contribution in [3.8, 4) is 0 Å². The summed E-state index contributed by atoms with van der Waals surface area (Å²) in [5.41, 5.74) is -0.588. The topological polar surface area (TPSA) is 100 Å². The predicted octanol–water partition coefficient (Wildman–Crippen LogP) is 3.77. The molecule has 34 heavy (non-hydrogen) atoms. The summed E-state index contributed by atoms with van der Waals surface area (Å²) in [4.78, 5) is 30.0.